The molecule has 0 saturated carbocycles. The largest absolute Gasteiger partial charge is 0.363 e. The smallest absolute Gasteiger partial charge is 0.0582 e. The van der Waals surface area contributed by atoms with Gasteiger partial charge in [0.05, 0.1) is 6.04 Å². The highest BCUT2D eigenvalue weighted by molar-refractivity contribution is 9.10. The molecule has 27 heavy (non-hydrogen) atoms. The van der Waals surface area contributed by atoms with Crippen molar-refractivity contribution in [3.63, 3.8) is 0 Å². The van der Waals surface area contributed by atoms with Crippen molar-refractivity contribution in [3.05, 3.63) is 86.9 Å². The molecule has 0 N–H and O–H groups in total. The van der Waals surface area contributed by atoms with E-state index in [1.165, 1.54) is 33.3 Å². The Morgan fingerprint density at radius 3 is 2.44 bits per heavy atom. The molecule has 2 aromatic rings. The van der Waals surface area contributed by atoms with Crippen LogP contribution >= 0.6 is 27.5 Å². The number of fused-ring (bicyclic) bond motifs is 4. The zero-order chi connectivity index (χ0) is 18.1. The summed E-state index contributed by atoms with van der Waals surface area (Å²) < 4.78 is 1.22. The molecule has 2 heterocycles. The Balaban J connectivity index is 1.59. The van der Waals surface area contributed by atoms with Crippen LogP contribution in [-0.2, 0) is 0 Å². The first-order valence-electron chi connectivity index (χ1n) is 9.89. The monoisotopic (exact) mass is 437 g/mol. The van der Waals surface area contributed by atoms with Gasteiger partial charge in [-0.05, 0) is 65.6 Å². The Bertz CT molecular complexity index is 959. The van der Waals surface area contributed by atoms with Crippen LogP contribution in [0.4, 0.5) is 5.69 Å². The van der Waals surface area contributed by atoms with Crippen molar-refractivity contribution in [1.82, 2.24) is 0 Å². The average Bonchev–Trinajstić information content (AvgIpc) is 3.32. The standard InChI is InChI=1S/C24H21BrClN/c25-16-11-21-18-4-1-3-15(18)13-27-23(14-7-9-17(26)10-8-14)20-6-2-5-19(20)22(12-16)24(21)27/h1-2,4-5,7-12,15,18-20,23H,3,6,13H2/t15-,18-,19-,20+,23+/m0/s1. The second kappa shape index (κ2) is 5.99. The van der Waals surface area contributed by atoms with Crippen molar-refractivity contribution in [2.75, 3.05) is 11.4 Å². The van der Waals surface area contributed by atoms with Crippen LogP contribution in [0, 0.1) is 11.8 Å². The Morgan fingerprint density at radius 1 is 0.926 bits per heavy atom. The van der Waals surface area contributed by atoms with Crippen molar-refractivity contribution in [1.29, 1.82) is 0 Å². The van der Waals surface area contributed by atoms with Crippen LogP contribution in [0.25, 0.3) is 0 Å². The lowest BCUT2D eigenvalue weighted by Crippen LogP contribution is -2.46. The molecule has 2 aromatic carbocycles. The predicted molar refractivity (Wildman–Crippen MR) is 116 cm³/mol. The van der Waals surface area contributed by atoms with E-state index < -0.39 is 0 Å². The first-order chi connectivity index (χ1) is 13.2. The molecule has 4 aliphatic rings. The molecular formula is C24H21BrClN. The molecule has 2 aliphatic carbocycles. The van der Waals surface area contributed by atoms with Crippen molar-refractivity contribution >= 4 is 33.2 Å². The van der Waals surface area contributed by atoms with Gasteiger partial charge in [-0.2, -0.15) is 0 Å². The molecule has 0 fully saturated rings. The Hall–Kier alpha value is -1.51. The molecule has 0 bridgehead atoms. The van der Waals surface area contributed by atoms with E-state index in [4.69, 9.17) is 11.6 Å². The van der Waals surface area contributed by atoms with E-state index in [-0.39, 0.29) is 0 Å². The van der Waals surface area contributed by atoms with Crippen LogP contribution in [0.5, 0.6) is 0 Å². The topological polar surface area (TPSA) is 3.24 Å². The van der Waals surface area contributed by atoms with E-state index in [1.807, 2.05) is 0 Å². The van der Waals surface area contributed by atoms with Crippen LogP contribution < -0.4 is 4.90 Å². The van der Waals surface area contributed by atoms with E-state index >= 15 is 0 Å². The lowest BCUT2D eigenvalue weighted by molar-refractivity contribution is 0.335. The van der Waals surface area contributed by atoms with Gasteiger partial charge in [0.1, 0.15) is 0 Å². The number of rotatable bonds is 1. The van der Waals surface area contributed by atoms with Gasteiger partial charge in [0.15, 0.2) is 0 Å². The summed E-state index contributed by atoms with van der Waals surface area (Å²) in [7, 11) is 0. The molecule has 1 nitrogen and oxygen atoms in total. The summed E-state index contributed by atoms with van der Waals surface area (Å²) in [6, 6.07) is 13.8. The summed E-state index contributed by atoms with van der Waals surface area (Å²) in [5.74, 6) is 2.38. The summed E-state index contributed by atoms with van der Waals surface area (Å²) >= 11 is 10.0. The van der Waals surface area contributed by atoms with Crippen molar-refractivity contribution in [2.24, 2.45) is 11.8 Å². The van der Waals surface area contributed by atoms with Gasteiger partial charge < -0.3 is 4.90 Å². The van der Waals surface area contributed by atoms with E-state index in [2.05, 4.69) is 81.5 Å². The minimum atomic E-state index is 0.427. The fourth-order valence-electron chi connectivity index (χ4n) is 5.98. The maximum Gasteiger partial charge on any atom is 0.0582 e. The molecular weight excluding hydrogens is 418 g/mol. The van der Waals surface area contributed by atoms with Gasteiger partial charge >= 0.3 is 0 Å². The predicted octanol–water partition coefficient (Wildman–Crippen LogP) is 7.00. The van der Waals surface area contributed by atoms with Gasteiger partial charge in [-0.1, -0.05) is 64.0 Å². The zero-order valence-corrected chi connectivity index (χ0v) is 17.3. The fraction of sp³-hybridized carbons (Fsp3) is 0.333. The van der Waals surface area contributed by atoms with Gasteiger partial charge in [-0.15, -0.1) is 0 Å². The second-order valence-corrected chi connectivity index (χ2v) is 9.74. The van der Waals surface area contributed by atoms with Crippen LogP contribution in [0.1, 0.15) is 47.4 Å². The minimum absolute atomic E-state index is 0.427. The Labute approximate surface area is 173 Å². The van der Waals surface area contributed by atoms with Crippen molar-refractivity contribution < 1.29 is 0 Å². The van der Waals surface area contributed by atoms with E-state index in [0.29, 0.717) is 29.7 Å². The Kier molecular flexibility index (Phi) is 3.65. The maximum absolute atomic E-state index is 6.20. The lowest BCUT2D eigenvalue weighted by atomic mass is 9.71. The van der Waals surface area contributed by atoms with Crippen LogP contribution in [0.3, 0.4) is 0 Å². The summed E-state index contributed by atoms with van der Waals surface area (Å²) in [5.41, 5.74) is 5.94. The summed E-state index contributed by atoms with van der Waals surface area (Å²) in [5, 5.41) is 0.819. The third-order valence-corrected chi connectivity index (χ3v) is 7.74. The molecule has 2 aliphatic heterocycles. The van der Waals surface area contributed by atoms with Crippen molar-refractivity contribution in [2.45, 2.75) is 30.7 Å². The Morgan fingerprint density at radius 2 is 1.63 bits per heavy atom. The first-order valence-corrected chi connectivity index (χ1v) is 11.1. The number of halogens is 2. The highest BCUT2D eigenvalue weighted by Crippen LogP contribution is 2.59. The van der Waals surface area contributed by atoms with Gasteiger partial charge in [-0.25, -0.2) is 0 Å². The highest BCUT2D eigenvalue weighted by Gasteiger charge is 2.47. The van der Waals surface area contributed by atoms with Gasteiger partial charge in [0, 0.05) is 33.6 Å². The van der Waals surface area contributed by atoms with Crippen LogP contribution in [0.2, 0.25) is 5.02 Å². The molecule has 0 amide bonds. The first kappa shape index (κ1) is 16.4. The molecule has 6 rings (SSSR count). The summed E-state index contributed by atoms with van der Waals surface area (Å²) in [4.78, 5) is 2.74. The number of benzene rings is 2. The maximum atomic E-state index is 6.20. The van der Waals surface area contributed by atoms with Crippen molar-refractivity contribution in [3.8, 4) is 0 Å². The molecule has 0 aromatic heterocycles. The molecule has 136 valence electrons. The van der Waals surface area contributed by atoms with Crippen LogP contribution in [-0.4, -0.2) is 6.54 Å². The number of nitrogens with zero attached hydrogens (tertiary/aromatic N) is 1. The number of hydrogen-bond acceptors (Lipinski definition) is 1. The zero-order valence-electron chi connectivity index (χ0n) is 15.0. The normalized spacial score (nSPS) is 32.4. The highest BCUT2D eigenvalue weighted by atomic mass is 79.9. The molecule has 5 atom stereocenters. The minimum Gasteiger partial charge on any atom is -0.363 e. The molecule has 0 unspecified atom stereocenters. The second-order valence-electron chi connectivity index (χ2n) is 8.38. The number of hydrogen-bond donors (Lipinski definition) is 0. The van der Waals surface area contributed by atoms with E-state index in [0.717, 1.165) is 18.0 Å². The SMILES string of the molecule is Clc1ccc([C@@H]2[C@@H]3CC=C[C@@H]3c3cc(Br)cc4c3N2C[C@@H]2CC=C[C@H]42)cc1. The van der Waals surface area contributed by atoms with Gasteiger partial charge in [0.25, 0.3) is 0 Å². The van der Waals surface area contributed by atoms with E-state index in [1.54, 1.807) is 0 Å². The number of allylic oxidation sites excluding steroid dienone is 4. The van der Waals surface area contributed by atoms with Crippen LogP contribution in [0.15, 0.2) is 65.2 Å². The molecule has 3 heteroatoms. The van der Waals surface area contributed by atoms with Gasteiger partial charge in [0.2, 0.25) is 0 Å². The number of anilines is 1. The third kappa shape index (κ3) is 2.36. The third-order valence-electron chi connectivity index (χ3n) is 7.03. The molecule has 0 radical (unpaired) electrons. The lowest BCUT2D eigenvalue weighted by Gasteiger charge is -2.51. The summed E-state index contributed by atoms with van der Waals surface area (Å²) in [6.07, 6.45) is 12.0. The van der Waals surface area contributed by atoms with E-state index in [9.17, 15) is 0 Å². The molecule has 0 spiro atoms. The summed E-state index contributed by atoms with van der Waals surface area (Å²) in [6.45, 7) is 1.15. The van der Waals surface area contributed by atoms with Gasteiger partial charge in [-0.3, -0.25) is 0 Å². The fourth-order valence-corrected chi connectivity index (χ4v) is 6.60. The average molecular weight is 439 g/mol. The molecule has 0 saturated heterocycles. The quantitative estimate of drug-likeness (QED) is 0.433.